The van der Waals surface area contributed by atoms with Gasteiger partial charge in [-0.2, -0.15) is 18.3 Å². The van der Waals surface area contributed by atoms with Gasteiger partial charge in [0, 0.05) is 13.6 Å². The van der Waals surface area contributed by atoms with Crippen molar-refractivity contribution in [2.24, 2.45) is 7.05 Å². The largest absolute Gasteiger partial charge is 0.435 e. The maximum atomic E-state index is 12.3. The van der Waals surface area contributed by atoms with Crippen LogP contribution in [0.2, 0.25) is 0 Å². The van der Waals surface area contributed by atoms with Gasteiger partial charge in [-0.1, -0.05) is 0 Å². The summed E-state index contributed by atoms with van der Waals surface area (Å²) < 4.78 is 37.8. The van der Waals surface area contributed by atoms with Crippen LogP contribution in [-0.4, -0.2) is 28.5 Å². The number of rotatable bonds is 3. The molecule has 0 bridgehead atoms. The predicted octanol–water partition coefficient (Wildman–Crippen LogP) is 0.692. The Labute approximate surface area is 84.7 Å². The van der Waals surface area contributed by atoms with E-state index in [2.05, 4.69) is 10.4 Å². The van der Waals surface area contributed by atoms with Gasteiger partial charge in [0.2, 0.25) is 0 Å². The molecular weight excluding hydrogens is 211 g/mol. The van der Waals surface area contributed by atoms with Crippen LogP contribution in [-0.2, 0) is 13.2 Å². The third-order valence-corrected chi connectivity index (χ3v) is 1.95. The topological polar surface area (TPSA) is 50.1 Å². The Morgan fingerprint density at radius 1 is 1.60 bits per heavy atom. The van der Waals surface area contributed by atoms with Crippen molar-refractivity contribution in [2.45, 2.75) is 12.3 Å². The number of halogens is 3. The third-order valence-electron chi connectivity index (χ3n) is 1.95. The van der Waals surface area contributed by atoms with Crippen molar-refractivity contribution < 1.29 is 18.3 Å². The maximum Gasteiger partial charge on any atom is 0.435 e. The van der Waals surface area contributed by atoms with Gasteiger partial charge < -0.3 is 10.4 Å². The zero-order valence-electron chi connectivity index (χ0n) is 8.34. The minimum atomic E-state index is -4.48. The van der Waals surface area contributed by atoms with Crippen LogP contribution in [0, 0.1) is 0 Å². The van der Waals surface area contributed by atoms with Crippen LogP contribution in [0.4, 0.5) is 13.2 Å². The molecule has 1 atom stereocenters. The lowest BCUT2D eigenvalue weighted by Gasteiger charge is -2.09. The van der Waals surface area contributed by atoms with E-state index in [0.29, 0.717) is 0 Å². The number of nitrogens with zero attached hydrogens (tertiary/aromatic N) is 2. The van der Waals surface area contributed by atoms with Gasteiger partial charge in [-0.25, -0.2) is 0 Å². The summed E-state index contributed by atoms with van der Waals surface area (Å²) >= 11 is 0. The molecule has 1 heterocycles. The molecule has 0 aromatic carbocycles. The van der Waals surface area contributed by atoms with E-state index >= 15 is 0 Å². The highest BCUT2D eigenvalue weighted by molar-refractivity contribution is 5.15. The Hall–Kier alpha value is -1.08. The highest BCUT2D eigenvalue weighted by Crippen LogP contribution is 2.29. The molecule has 2 N–H and O–H groups in total. The van der Waals surface area contributed by atoms with Crippen molar-refractivity contribution >= 4 is 0 Å². The van der Waals surface area contributed by atoms with E-state index in [1.165, 1.54) is 7.05 Å². The summed E-state index contributed by atoms with van der Waals surface area (Å²) in [5, 5.41) is 15.4. The predicted molar refractivity (Wildman–Crippen MR) is 47.1 cm³/mol. The first kappa shape index (κ1) is 12.0. The number of likely N-dealkylation sites (N-methyl/N-ethyl adjacent to an activating group) is 1. The molecule has 7 heteroatoms. The Morgan fingerprint density at radius 3 is 2.60 bits per heavy atom. The van der Waals surface area contributed by atoms with Gasteiger partial charge >= 0.3 is 6.18 Å². The second-order valence-corrected chi connectivity index (χ2v) is 3.15. The molecule has 1 rings (SSSR count). The fourth-order valence-corrected chi connectivity index (χ4v) is 1.23. The Kier molecular flexibility index (Phi) is 3.35. The van der Waals surface area contributed by atoms with E-state index in [9.17, 15) is 18.3 Å². The van der Waals surface area contributed by atoms with E-state index in [4.69, 9.17) is 0 Å². The number of hydrogen-bond acceptors (Lipinski definition) is 3. The first-order valence-corrected chi connectivity index (χ1v) is 4.30. The molecule has 1 aromatic heterocycles. The Bertz CT molecular complexity index is 334. The third kappa shape index (κ3) is 2.69. The van der Waals surface area contributed by atoms with Crippen LogP contribution < -0.4 is 5.32 Å². The second-order valence-electron chi connectivity index (χ2n) is 3.15. The molecule has 0 radical (unpaired) electrons. The summed E-state index contributed by atoms with van der Waals surface area (Å²) in [5.41, 5.74) is -0.855. The molecule has 0 aliphatic rings. The number of alkyl halides is 3. The lowest BCUT2D eigenvalue weighted by atomic mass is 10.2. The van der Waals surface area contributed by atoms with E-state index < -0.39 is 18.0 Å². The van der Waals surface area contributed by atoms with Crippen LogP contribution in [0.5, 0.6) is 0 Å². The number of aliphatic hydroxyl groups is 1. The summed E-state index contributed by atoms with van der Waals surface area (Å²) in [4.78, 5) is 0. The molecule has 4 nitrogen and oxygen atoms in total. The summed E-state index contributed by atoms with van der Waals surface area (Å²) in [6.45, 7) is 0.177. The first-order valence-electron chi connectivity index (χ1n) is 4.30. The Balaban J connectivity index is 2.96. The fraction of sp³-hybridized carbons (Fsp3) is 0.625. The first-order chi connectivity index (χ1) is 6.86. The van der Waals surface area contributed by atoms with E-state index in [-0.39, 0.29) is 12.2 Å². The Morgan fingerprint density at radius 2 is 2.20 bits per heavy atom. The van der Waals surface area contributed by atoms with Crippen LogP contribution in [0.3, 0.4) is 0 Å². The van der Waals surface area contributed by atoms with Gasteiger partial charge in [0.15, 0.2) is 5.69 Å². The smallest absolute Gasteiger partial charge is 0.385 e. The summed E-state index contributed by atoms with van der Waals surface area (Å²) in [5.74, 6) is 0. The highest BCUT2D eigenvalue weighted by atomic mass is 19.4. The fourth-order valence-electron chi connectivity index (χ4n) is 1.23. The molecule has 0 spiro atoms. The van der Waals surface area contributed by atoms with Crippen molar-refractivity contribution in [3.63, 3.8) is 0 Å². The average molecular weight is 223 g/mol. The summed E-state index contributed by atoms with van der Waals surface area (Å²) in [7, 11) is 2.97. The lowest BCUT2D eigenvalue weighted by Crippen LogP contribution is -2.18. The van der Waals surface area contributed by atoms with Crippen molar-refractivity contribution in [3.05, 3.63) is 17.5 Å². The van der Waals surface area contributed by atoms with E-state index in [0.717, 1.165) is 10.7 Å². The molecule has 0 saturated carbocycles. The van der Waals surface area contributed by atoms with Crippen molar-refractivity contribution in [1.29, 1.82) is 0 Å². The van der Waals surface area contributed by atoms with E-state index in [1.54, 1.807) is 7.05 Å². The van der Waals surface area contributed by atoms with Gasteiger partial charge in [0.05, 0.1) is 5.69 Å². The average Bonchev–Trinajstić information content (AvgIpc) is 2.47. The molecule has 1 unspecified atom stereocenters. The molecule has 0 fully saturated rings. The van der Waals surface area contributed by atoms with Crippen LogP contribution in [0.25, 0.3) is 0 Å². The minimum Gasteiger partial charge on any atom is -0.385 e. The van der Waals surface area contributed by atoms with Crippen LogP contribution >= 0.6 is 0 Å². The maximum absolute atomic E-state index is 12.3. The number of nitrogens with one attached hydrogen (secondary N) is 1. The number of hydrogen-bond donors (Lipinski definition) is 2. The number of aryl methyl sites for hydroxylation is 1. The SMILES string of the molecule is CNCC(O)c1cc(C(F)(F)F)nn1C. The van der Waals surface area contributed by atoms with Gasteiger partial charge in [-0.3, -0.25) is 4.68 Å². The van der Waals surface area contributed by atoms with Crippen molar-refractivity contribution in [3.8, 4) is 0 Å². The highest BCUT2D eigenvalue weighted by Gasteiger charge is 2.35. The van der Waals surface area contributed by atoms with Gasteiger partial charge in [-0.05, 0) is 13.1 Å². The standard InChI is InChI=1S/C8H12F3N3O/c1-12-4-6(15)5-3-7(8(9,10)11)13-14(5)2/h3,6,12,15H,4H2,1-2H3. The molecule has 15 heavy (non-hydrogen) atoms. The number of aliphatic hydroxyl groups excluding tert-OH is 1. The lowest BCUT2D eigenvalue weighted by molar-refractivity contribution is -0.141. The number of aromatic nitrogens is 2. The summed E-state index contributed by atoms with van der Waals surface area (Å²) in [6, 6.07) is 0.849. The van der Waals surface area contributed by atoms with E-state index in [1.807, 2.05) is 0 Å². The molecule has 1 aromatic rings. The zero-order valence-corrected chi connectivity index (χ0v) is 8.34. The quantitative estimate of drug-likeness (QED) is 0.792. The molecule has 0 amide bonds. The zero-order chi connectivity index (χ0) is 11.6. The summed E-state index contributed by atoms with van der Waals surface area (Å²) in [6.07, 6.45) is -5.47. The molecular formula is C8H12F3N3O. The monoisotopic (exact) mass is 223 g/mol. The molecule has 86 valence electrons. The van der Waals surface area contributed by atoms with Gasteiger partial charge in [-0.15, -0.1) is 0 Å². The molecule has 0 aliphatic heterocycles. The van der Waals surface area contributed by atoms with Crippen molar-refractivity contribution in [2.75, 3.05) is 13.6 Å². The minimum absolute atomic E-state index is 0.136. The van der Waals surface area contributed by atoms with Gasteiger partial charge in [0.25, 0.3) is 0 Å². The van der Waals surface area contributed by atoms with Gasteiger partial charge in [0.1, 0.15) is 6.10 Å². The van der Waals surface area contributed by atoms with Crippen LogP contribution in [0.1, 0.15) is 17.5 Å². The van der Waals surface area contributed by atoms with Crippen LogP contribution in [0.15, 0.2) is 6.07 Å². The second kappa shape index (κ2) is 4.19. The normalized spacial score (nSPS) is 14.3. The molecule has 0 aliphatic carbocycles. The molecule has 0 saturated heterocycles. The van der Waals surface area contributed by atoms with Crippen molar-refractivity contribution in [1.82, 2.24) is 15.1 Å².